The number of benzene rings is 2. The summed E-state index contributed by atoms with van der Waals surface area (Å²) in [5.74, 6) is 0.332. The first-order valence-electron chi connectivity index (χ1n) is 8.24. The minimum absolute atomic E-state index is 0.357. The van der Waals surface area contributed by atoms with Gasteiger partial charge in [0.05, 0.1) is 5.25 Å². The van der Waals surface area contributed by atoms with Crippen LogP contribution in [-0.2, 0) is 4.79 Å². The van der Waals surface area contributed by atoms with Crippen LogP contribution in [0.4, 0.5) is 0 Å². The average Bonchev–Trinajstić information content (AvgIpc) is 3.03. The number of thioether (sulfide) groups is 1. The number of hydrogen-bond donors (Lipinski definition) is 1. The summed E-state index contributed by atoms with van der Waals surface area (Å²) in [5.41, 5.74) is 8.46. The van der Waals surface area contributed by atoms with Gasteiger partial charge in [-0.3, -0.25) is 9.36 Å². The molecule has 0 fully saturated rings. The van der Waals surface area contributed by atoms with E-state index >= 15 is 0 Å². The molecule has 1 amide bonds. The van der Waals surface area contributed by atoms with Crippen molar-refractivity contribution < 1.29 is 4.79 Å². The van der Waals surface area contributed by atoms with Crippen molar-refractivity contribution in [3.8, 4) is 17.1 Å². The summed E-state index contributed by atoms with van der Waals surface area (Å²) in [7, 11) is 0. The molecular formula is C19H19ClN4OS. The molecule has 1 aromatic heterocycles. The number of rotatable bonds is 6. The third-order valence-electron chi connectivity index (χ3n) is 3.93. The zero-order chi connectivity index (χ0) is 18.7. The highest BCUT2D eigenvalue weighted by atomic mass is 35.5. The smallest absolute Gasteiger partial charge is 0.231 e. The lowest BCUT2D eigenvalue weighted by atomic mass is 10.2. The maximum Gasteiger partial charge on any atom is 0.231 e. The number of nitrogens with two attached hydrogens (primary N) is 1. The van der Waals surface area contributed by atoms with E-state index < -0.39 is 0 Å². The molecule has 2 aromatic carbocycles. The zero-order valence-corrected chi connectivity index (χ0v) is 16.1. The molecule has 0 spiro atoms. The number of hydrogen-bond acceptors (Lipinski definition) is 4. The molecule has 0 saturated heterocycles. The van der Waals surface area contributed by atoms with Gasteiger partial charge in [-0.15, -0.1) is 10.2 Å². The molecule has 0 aliphatic heterocycles. The Hall–Kier alpha value is -2.31. The molecular weight excluding hydrogens is 368 g/mol. The van der Waals surface area contributed by atoms with Gasteiger partial charge in [-0.2, -0.15) is 0 Å². The summed E-state index contributed by atoms with van der Waals surface area (Å²) in [6, 6.07) is 15.5. The summed E-state index contributed by atoms with van der Waals surface area (Å²) in [6.07, 6.45) is 0.622. The normalized spacial score (nSPS) is 12.1. The third-order valence-corrected chi connectivity index (χ3v) is 5.51. The van der Waals surface area contributed by atoms with Gasteiger partial charge in [0.1, 0.15) is 0 Å². The van der Waals surface area contributed by atoms with Crippen LogP contribution in [0, 0.1) is 6.92 Å². The van der Waals surface area contributed by atoms with E-state index in [1.807, 2.05) is 60.9 Å². The number of aryl methyl sites for hydroxylation is 1. The van der Waals surface area contributed by atoms with Gasteiger partial charge >= 0.3 is 0 Å². The van der Waals surface area contributed by atoms with Gasteiger partial charge in [-0.1, -0.05) is 42.4 Å². The molecule has 3 rings (SSSR count). The Bertz CT molecular complexity index is 924. The Morgan fingerprint density at radius 1 is 1.23 bits per heavy atom. The monoisotopic (exact) mass is 386 g/mol. The van der Waals surface area contributed by atoms with Gasteiger partial charge in [-0.05, 0) is 55.3 Å². The lowest BCUT2D eigenvalue weighted by Crippen LogP contribution is -2.25. The number of amides is 1. The number of nitrogens with zero attached hydrogens (tertiary/aromatic N) is 3. The van der Waals surface area contributed by atoms with Crippen LogP contribution in [0.15, 0.2) is 53.7 Å². The van der Waals surface area contributed by atoms with Crippen molar-refractivity contribution in [1.82, 2.24) is 14.8 Å². The van der Waals surface area contributed by atoms with Crippen LogP contribution < -0.4 is 5.73 Å². The largest absolute Gasteiger partial charge is 0.369 e. The van der Waals surface area contributed by atoms with Gasteiger partial charge in [0.15, 0.2) is 11.0 Å². The van der Waals surface area contributed by atoms with E-state index in [1.54, 1.807) is 0 Å². The SMILES string of the molecule is CCC(Sc1nnc(-c2ccc(Cl)cc2)n1-c1cccc(C)c1)C(N)=O. The van der Waals surface area contributed by atoms with E-state index in [0.29, 0.717) is 22.4 Å². The van der Waals surface area contributed by atoms with Crippen molar-refractivity contribution >= 4 is 29.3 Å². The second-order valence-corrected chi connectivity index (χ2v) is 7.51. The van der Waals surface area contributed by atoms with Crippen LogP contribution in [0.3, 0.4) is 0 Å². The van der Waals surface area contributed by atoms with E-state index in [2.05, 4.69) is 16.3 Å². The maximum absolute atomic E-state index is 11.7. The Morgan fingerprint density at radius 2 is 1.96 bits per heavy atom. The second kappa shape index (κ2) is 7.93. The molecule has 1 atom stereocenters. The zero-order valence-electron chi connectivity index (χ0n) is 14.5. The molecule has 5 nitrogen and oxygen atoms in total. The lowest BCUT2D eigenvalue weighted by Gasteiger charge is -2.14. The Morgan fingerprint density at radius 3 is 2.58 bits per heavy atom. The summed E-state index contributed by atoms with van der Waals surface area (Å²) < 4.78 is 1.95. The van der Waals surface area contributed by atoms with E-state index in [4.69, 9.17) is 17.3 Å². The van der Waals surface area contributed by atoms with Crippen LogP contribution >= 0.6 is 23.4 Å². The molecule has 0 radical (unpaired) electrons. The lowest BCUT2D eigenvalue weighted by molar-refractivity contribution is -0.117. The third kappa shape index (κ3) is 3.92. The fraction of sp³-hybridized carbons (Fsp3) is 0.211. The molecule has 7 heteroatoms. The molecule has 0 aliphatic rings. The van der Waals surface area contributed by atoms with Crippen molar-refractivity contribution in [3.05, 3.63) is 59.1 Å². The number of primary amides is 1. The predicted molar refractivity (Wildman–Crippen MR) is 106 cm³/mol. The summed E-state index contributed by atoms with van der Waals surface area (Å²) in [4.78, 5) is 11.7. The van der Waals surface area contributed by atoms with Crippen LogP contribution in [0.25, 0.3) is 17.1 Å². The predicted octanol–water partition coefficient (Wildman–Crippen LogP) is 4.25. The molecule has 26 heavy (non-hydrogen) atoms. The van der Waals surface area contributed by atoms with E-state index in [1.165, 1.54) is 11.8 Å². The Labute approximate surface area is 161 Å². The molecule has 2 N–H and O–H groups in total. The molecule has 3 aromatic rings. The van der Waals surface area contributed by atoms with Crippen LogP contribution in [-0.4, -0.2) is 25.9 Å². The van der Waals surface area contributed by atoms with Crippen LogP contribution in [0.1, 0.15) is 18.9 Å². The quantitative estimate of drug-likeness (QED) is 0.642. The van der Waals surface area contributed by atoms with Gasteiger partial charge in [0.25, 0.3) is 0 Å². The fourth-order valence-corrected chi connectivity index (χ4v) is 3.65. The average molecular weight is 387 g/mol. The number of halogens is 1. The Balaban J connectivity index is 2.13. The molecule has 1 heterocycles. The minimum atomic E-state index is -0.360. The van der Waals surface area contributed by atoms with Gasteiger partial charge < -0.3 is 5.73 Å². The first-order valence-corrected chi connectivity index (χ1v) is 9.49. The molecule has 0 aliphatic carbocycles. The van der Waals surface area contributed by atoms with Crippen molar-refractivity contribution in [2.24, 2.45) is 5.73 Å². The van der Waals surface area contributed by atoms with Crippen molar-refractivity contribution in [3.63, 3.8) is 0 Å². The number of carbonyl (C=O) groups is 1. The standard InChI is InChI=1S/C19H19ClN4OS/c1-3-16(17(21)25)26-19-23-22-18(13-7-9-14(20)10-8-13)24(19)15-6-4-5-12(2)11-15/h4-11,16H,3H2,1-2H3,(H2,21,25). The van der Waals surface area contributed by atoms with E-state index in [9.17, 15) is 4.79 Å². The number of carbonyl (C=O) groups excluding carboxylic acids is 1. The highest BCUT2D eigenvalue weighted by molar-refractivity contribution is 8.00. The molecule has 134 valence electrons. The van der Waals surface area contributed by atoms with Crippen LogP contribution in [0.5, 0.6) is 0 Å². The summed E-state index contributed by atoms with van der Waals surface area (Å²) in [5, 5.41) is 9.62. The van der Waals surface area contributed by atoms with Crippen molar-refractivity contribution in [1.29, 1.82) is 0 Å². The first-order chi connectivity index (χ1) is 12.5. The van der Waals surface area contributed by atoms with Gasteiger partial charge in [0.2, 0.25) is 5.91 Å². The highest BCUT2D eigenvalue weighted by Crippen LogP contribution is 2.31. The van der Waals surface area contributed by atoms with E-state index in [-0.39, 0.29) is 11.2 Å². The Kier molecular flexibility index (Phi) is 5.64. The van der Waals surface area contributed by atoms with Gasteiger partial charge in [0, 0.05) is 16.3 Å². The minimum Gasteiger partial charge on any atom is -0.369 e. The summed E-state index contributed by atoms with van der Waals surface area (Å²) >= 11 is 7.34. The second-order valence-electron chi connectivity index (χ2n) is 5.90. The molecule has 1 unspecified atom stereocenters. The van der Waals surface area contributed by atoms with Gasteiger partial charge in [-0.25, -0.2) is 0 Å². The first kappa shape index (κ1) is 18.5. The highest BCUT2D eigenvalue weighted by Gasteiger charge is 2.22. The maximum atomic E-state index is 11.7. The van der Waals surface area contributed by atoms with Crippen LogP contribution in [0.2, 0.25) is 5.02 Å². The van der Waals surface area contributed by atoms with Crippen molar-refractivity contribution in [2.75, 3.05) is 0 Å². The number of aromatic nitrogens is 3. The van der Waals surface area contributed by atoms with Crippen molar-refractivity contribution in [2.45, 2.75) is 30.7 Å². The molecule has 0 bridgehead atoms. The topological polar surface area (TPSA) is 73.8 Å². The summed E-state index contributed by atoms with van der Waals surface area (Å²) in [6.45, 7) is 3.96. The molecule has 0 saturated carbocycles. The van der Waals surface area contributed by atoms with E-state index in [0.717, 1.165) is 16.8 Å². The fourth-order valence-electron chi connectivity index (χ4n) is 2.60.